The van der Waals surface area contributed by atoms with Crippen molar-refractivity contribution in [3.05, 3.63) is 48.3 Å². The van der Waals surface area contributed by atoms with Crippen molar-refractivity contribution >= 4 is 39.1 Å². The van der Waals surface area contributed by atoms with Gasteiger partial charge in [-0.3, -0.25) is 4.79 Å². The van der Waals surface area contributed by atoms with Crippen molar-refractivity contribution in [2.45, 2.75) is 16.0 Å². The first-order valence-corrected chi connectivity index (χ1v) is 9.63. The van der Waals surface area contributed by atoms with E-state index in [4.69, 9.17) is 0 Å². The highest BCUT2D eigenvalue weighted by atomic mass is 32.2. The van der Waals surface area contributed by atoms with E-state index in [-0.39, 0.29) is 10.6 Å². The minimum absolute atomic E-state index is 0.0479. The van der Waals surface area contributed by atoms with Crippen LogP contribution in [0.25, 0.3) is 0 Å². The van der Waals surface area contributed by atoms with Gasteiger partial charge < -0.3 is 10.6 Å². The lowest BCUT2D eigenvalue weighted by Crippen LogP contribution is -2.51. The summed E-state index contributed by atoms with van der Waals surface area (Å²) in [5.74, 6) is -1.18. The molecule has 1 atom stereocenters. The number of thioether (sulfide) groups is 1. The van der Waals surface area contributed by atoms with Crippen LogP contribution in [0.5, 0.6) is 0 Å². The predicted octanol–water partition coefficient (Wildman–Crippen LogP) is 2.22. The number of amides is 1. The molecule has 0 aromatic heterocycles. The lowest BCUT2D eigenvalue weighted by atomic mass is 10.2. The molecular formula is C15H14FN3O3S2. The molecule has 3 rings (SSSR count). The van der Waals surface area contributed by atoms with E-state index in [0.717, 1.165) is 23.1 Å². The molecule has 0 radical (unpaired) electrons. The number of benzene rings is 2. The summed E-state index contributed by atoms with van der Waals surface area (Å²) >= 11 is 1.52. The van der Waals surface area contributed by atoms with E-state index in [1.165, 1.54) is 11.8 Å². The number of anilines is 2. The summed E-state index contributed by atoms with van der Waals surface area (Å²) < 4.78 is 40.0. The zero-order chi connectivity index (χ0) is 17.3. The molecule has 1 heterocycles. The summed E-state index contributed by atoms with van der Waals surface area (Å²) in [5.41, 5.74) is 0.588. The van der Waals surface area contributed by atoms with Crippen molar-refractivity contribution in [1.29, 1.82) is 0 Å². The molecule has 0 bridgehead atoms. The Morgan fingerprint density at radius 3 is 2.79 bits per heavy atom. The number of hydrogen-bond acceptors (Lipinski definition) is 5. The van der Waals surface area contributed by atoms with Crippen LogP contribution < -0.4 is 15.4 Å². The third kappa shape index (κ3) is 3.37. The molecule has 1 aliphatic rings. The van der Waals surface area contributed by atoms with Gasteiger partial charge in [-0.1, -0.05) is 6.07 Å². The highest BCUT2D eigenvalue weighted by Crippen LogP contribution is 2.27. The molecule has 6 nitrogen and oxygen atoms in total. The molecule has 0 fully saturated rings. The molecule has 2 aromatic rings. The molecule has 24 heavy (non-hydrogen) atoms. The summed E-state index contributed by atoms with van der Waals surface area (Å²) in [7, 11) is -3.90. The fourth-order valence-electron chi connectivity index (χ4n) is 2.29. The van der Waals surface area contributed by atoms with Crippen LogP contribution in [0.3, 0.4) is 0 Å². The molecule has 0 aliphatic carbocycles. The maximum Gasteiger partial charge on any atom is 0.262 e. The van der Waals surface area contributed by atoms with Crippen LogP contribution in [0.2, 0.25) is 0 Å². The SMILES string of the molecule is CSc1cccc(NC(=O)[C@H]2Nc3cc(F)ccc3S(=O)(=O)N2)c1. The van der Waals surface area contributed by atoms with Crippen LogP contribution in [-0.2, 0) is 14.8 Å². The number of carbonyl (C=O) groups excluding carboxylic acids is 1. The second-order valence-electron chi connectivity index (χ2n) is 5.06. The van der Waals surface area contributed by atoms with Gasteiger partial charge in [0.25, 0.3) is 5.91 Å². The van der Waals surface area contributed by atoms with Crippen molar-refractivity contribution in [2.24, 2.45) is 0 Å². The summed E-state index contributed by atoms with van der Waals surface area (Å²) in [6, 6.07) is 10.4. The zero-order valence-electron chi connectivity index (χ0n) is 12.5. The smallest absolute Gasteiger partial charge is 0.262 e. The Labute approximate surface area is 142 Å². The summed E-state index contributed by atoms with van der Waals surface area (Å²) in [5, 5.41) is 5.33. The van der Waals surface area contributed by atoms with Crippen LogP contribution in [0, 0.1) is 5.82 Å². The first kappa shape index (κ1) is 16.7. The number of halogens is 1. The van der Waals surface area contributed by atoms with E-state index in [1.807, 2.05) is 12.3 Å². The number of sulfonamides is 1. The third-order valence-corrected chi connectivity index (χ3v) is 5.61. The second kappa shape index (κ2) is 6.42. The summed E-state index contributed by atoms with van der Waals surface area (Å²) in [6.45, 7) is 0. The normalized spacial score (nSPS) is 18.3. The number of carbonyl (C=O) groups is 1. The van der Waals surface area contributed by atoms with Crippen molar-refractivity contribution in [1.82, 2.24) is 4.72 Å². The predicted molar refractivity (Wildman–Crippen MR) is 91.0 cm³/mol. The first-order valence-electron chi connectivity index (χ1n) is 6.92. The van der Waals surface area contributed by atoms with Gasteiger partial charge in [0, 0.05) is 10.6 Å². The molecule has 0 unspecified atom stereocenters. The van der Waals surface area contributed by atoms with E-state index in [0.29, 0.717) is 5.69 Å². The lowest BCUT2D eigenvalue weighted by Gasteiger charge is -2.27. The van der Waals surface area contributed by atoms with Crippen LogP contribution in [0.15, 0.2) is 52.3 Å². The second-order valence-corrected chi connectivity index (χ2v) is 7.62. The number of hydrogen-bond donors (Lipinski definition) is 3. The van der Waals surface area contributed by atoms with Gasteiger partial charge in [-0.2, -0.15) is 4.72 Å². The van der Waals surface area contributed by atoms with Crippen molar-refractivity contribution in [3.63, 3.8) is 0 Å². The van der Waals surface area contributed by atoms with Gasteiger partial charge in [0.05, 0.1) is 5.69 Å². The molecule has 1 amide bonds. The standard InChI is InChI=1S/C15H14FN3O3S2/c1-23-11-4-2-3-10(8-11)17-15(20)14-18-12-7-9(16)5-6-13(12)24(21,22)19-14/h2-8,14,18-19H,1H3,(H,17,20)/t14-/m0/s1. The molecular weight excluding hydrogens is 353 g/mol. The third-order valence-electron chi connectivity index (χ3n) is 3.40. The Morgan fingerprint density at radius 2 is 2.04 bits per heavy atom. The quantitative estimate of drug-likeness (QED) is 0.724. The van der Waals surface area contributed by atoms with E-state index >= 15 is 0 Å². The number of rotatable bonds is 3. The van der Waals surface area contributed by atoms with Crippen LogP contribution in [0.1, 0.15) is 0 Å². The maximum atomic E-state index is 13.3. The minimum atomic E-state index is -3.90. The number of fused-ring (bicyclic) bond motifs is 1. The van der Waals surface area contributed by atoms with E-state index < -0.39 is 27.9 Å². The van der Waals surface area contributed by atoms with Gasteiger partial charge >= 0.3 is 0 Å². The van der Waals surface area contributed by atoms with Crippen LogP contribution in [0.4, 0.5) is 15.8 Å². The molecule has 0 saturated heterocycles. The fraction of sp³-hybridized carbons (Fsp3) is 0.133. The summed E-state index contributed by atoms with van der Waals surface area (Å²) in [4.78, 5) is 13.2. The summed E-state index contributed by atoms with van der Waals surface area (Å²) in [6.07, 6.45) is 0.672. The first-order chi connectivity index (χ1) is 11.4. The molecule has 126 valence electrons. The van der Waals surface area contributed by atoms with Crippen LogP contribution >= 0.6 is 11.8 Å². The van der Waals surface area contributed by atoms with E-state index in [9.17, 15) is 17.6 Å². The van der Waals surface area contributed by atoms with Gasteiger partial charge in [-0.05, 0) is 42.7 Å². The molecule has 1 aliphatic heterocycles. The highest BCUT2D eigenvalue weighted by Gasteiger charge is 2.33. The highest BCUT2D eigenvalue weighted by molar-refractivity contribution is 7.98. The minimum Gasteiger partial charge on any atom is -0.360 e. The maximum absolute atomic E-state index is 13.3. The van der Waals surface area contributed by atoms with Crippen LogP contribution in [-0.4, -0.2) is 26.7 Å². The van der Waals surface area contributed by atoms with Gasteiger partial charge in [-0.25, -0.2) is 12.8 Å². The zero-order valence-corrected chi connectivity index (χ0v) is 14.2. The topological polar surface area (TPSA) is 87.3 Å². The largest absolute Gasteiger partial charge is 0.360 e. The average molecular weight is 367 g/mol. The van der Waals surface area contributed by atoms with Crippen molar-refractivity contribution in [2.75, 3.05) is 16.9 Å². The Balaban J connectivity index is 1.84. The van der Waals surface area contributed by atoms with Gasteiger partial charge in [0.2, 0.25) is 10.0 Å². The Bertz CT molecular complexity index is 903. The monoisotopic (exact) mass is 367 g/mol. The Morgan fingerprint density at radius 1 is 1.25 bits per heavy atom. The van der Waals surface area contributed by atoms with E-state index in [2.05, 4.69) is 15.4 Å². The van der Waals surface area contributed by atoms with E-state index in [1.54, 1.807) is 18.2 Å². The molecule has 3 N–H and O–H groups in total. The van der Waals surface area contributed by atoms with Gasteiger partial charge in [0.15, 0.2) is 6.17 Å². The van der Waals surface area contributed by atoms with Gasteiger partial charge in [-0.15, -0.1) is 11.8 Å². The molecule has 9 heteroatoms. The molecule has 0 spiro atoms. The Hall–Kier alpha value is -2.10. The van der Waals surface area contributed by atoms with Gasteiger partial charge in [0.1, 0.15) is 10.7 Å². The van der Waals surface area contributed by atoms with Crippen molar-refractivity contribution < 1.29 is 17.6 Å². The fourth-order valence-corrected chi connectivity index (χ4v) is 4.00. The van der Waals surface area contributed by atoms with Crippen molar-refractivity contribution in [3.8, 4) is 0 Å². The number of nitrogens with one attached hydrogen (secondary N) is 3. The lowest BCUT2D eigenvalue weighted by molar-refractivity contribution is -0.117. The molecule has 2 aromatic carbocycles. The average Bonchev–Trinajstić information content (AvgIpc) is 2.53. The Kier molecular flexibility index (Phi) is 4.48. The molecule has 0 saturated carbocycles.